The molecule has 2 saturated heterocycles. The Kier molecular flexibility index (Phi) is 5.35. The van der Waals surface area contributed by atoms with E-state index in [1.54, 1.807) is 7.11 Å². The molecule has 0 N–H and O–H groups in total. The molecule has 6 nitrogen and oxygen atoms in total. The van der Waals surface area contributed by atoms with Gasteiger partial charge >= 0.3 is 0 Å². The first-order chi connectivity index (χ1) is 13.1. The predicted octanol–water partition coefficient (Wildman–Crippen LogP) is 2.91. The van der Waals surface area contributed by atoms with Crippen molar-refractivity contribution < 1.29 is 9.53 Å². The topological polar surface area (TPSA) is 58.6 Å². The summed E-state index contributed by atoms with van der Waals surface area (Å²) in [4.78, 5) is 27.1. The van der Waals surface area contributed by atoms with Gasteiger partial charge in [0.1, 0.15) is 11.6 Å². The minimum atomic E-state index is -0.265. The van der Waals surface area contributed by atoms with Gasteiger partial charge in [-0.1, -0.05) is 6.42 Å². The van der Waals surface area contributed by atoms with Crippen LogP contribution >= 0.6 is 0 Å². The monoisotopic (exact) mass is 372 g/mol. The van der Waals surface area contributed by atoms with Crippen LogP contribution in [0.4, 0.5) is 5.82 Å². The molecule has 1 amide bonds. The maximum absolute atomic E-state index is 13.2. The van der Waals surface area contributed by atoms with Crippen LogP contribution in [0.5, 0.6) is 0 Å². The number of hydrogen-bond acceptors (Lipinski definition) is 5. The van der Waals surface area contributed by atoms with Crippen LogP contribution in [0.25, 0.3) is 0 Å². The smallest absolute Gasteiger partial charge is 0.231 e. The number of hydrogen-bond donors (Lipinski definition) is 0. The normalized spacial score (nSPS) is 24.7. The van der Waals surface area contributed by atoms with Crippen LogP contribution in [0.3, 0.4) is 0 Å². The maximum Gasteiger partial charge on any atom is 0.231 e. The van der Waals surface area contributed by atoms with Crippen molar-refractivity contribution in [1.29, 1.82) is 0 Å². The van der Waals surface area contributed by atoms with Crippen molar-refractivity contribution in [3.05, 3.63) is 17.6 Å². The summed E-state index contributed by atoms with van der Waals surface area (Å²) in [5, 5.41) is 0. The van der Waals surface area contributed by atoms with Crippen LogP contribution in [0.1, 0.15) is 62.4 Å². The molecule has 1 aliphatic carbocycles. The lowest BCUT2D eigenvalue weighted by atomic mass is 9.68. The van der Waals surface area contributed by atoms with E-state index < -0.39 is 0 Å². The Bertz CT molecular complexity index is 683. The van der Waals surface area contributed by atoms with Gasteiger partial charge in [-0.2, -0.15) is 0 Å². The van der Waals surface area contributed by atoms with Gasteiger partial charge in [-0.25, -0.2) is 9.97 Å². The molecular weight excluding hydrogens is 340 g/mol. The summed E-state index contributed by atoms with van der Waals surface area (Å²) < 4.78 is 5.39. The lowest BCUT2D eigenvalue weighted by Gasteiger charge is -2.45. The van der Waals surface area contributed by atoms with Crippen LogP contribution in [-0.4, -0.2) is 60.7 Å². The lowest BCUT2D eigenvalue weighted by molar-refractivity contribution is -0.153. The summed E-state index contributed by atoms with van der Waals surface area (Å²) in [5.41, 5.74) is 0.843. The zero-order valence-electron chi connectivity index (χ0n) is 16.7. The molecule has 6 heteroatoms. The van der Waals surface area contributed by atoms with E-state index in [-0.39, 0.29) is 5.41 Å². The summed E-state index contributed by atoms with van der Waals surface area (Å²) in [5.74, 6) is 2.51. The Hall–Kier alpha value is -1.69. The molecule has 4 rings (SSSR count). The van der Waals surface area contributed by atoms with E-state index >= 15 is 0 Å². The molecule has 1 atom stereocenters. The van der Waals surface area contributed by atoms with Crippen molar-refractivity contribution in [3.63, 3.8) is 0 Å². The summed E-state index contributed by atoms with van der Waals surface area (Å²) in [6, 6.07) is 2.17. The van der Waals surface area contributed by atoms with Crippen LogP contribution in [0.2, 0.25) is 0 Å². The number of nitrogens with zero attached hydrogens (tertiary/aromatic N) is 4. The standard InChI is InChI=1S/C21H32N4O2/c1-16-22-18(13-19(23-16)24-10-3-4-11-24)17-7-5-12-25(14-17)20(26)21(15-27-2)8-6-9-21/h13,17H,3-12,14-15H2,1-2H3. The Labute approximate surface area is 162 Å². The molecule has 1 aromatic heterocycles. The second-order valence-corrected chi connectivity index (χ2v) is 8.55. The lowest BCUT2D eigenvalue weighted by Crippen LogP contribution is -2.52. The number of anilines is 1. The SMILES string of the molecule is COCC1(C(=O)N2CCCC(c3cc(N4CCCC4)nc(C)n3)C2)CCC1. The van der Waals surface area contributed by atoms with Crippen molar-refractivity contribution in [2.24, 2.45) is 5.41 Å². The Balaban J connectivity index is 1.50. The summed E-state index contributed by atoms with van der Waals surface area (Å²) in [6.07, 6.45) is 7.69. The van der Waals surface area contributed by atoms with Gasteiger partial charge in [-0.05, 0) is 45.4 Å². The third-order valence-corrected chi connectivity index (χ3v) is 6.59. The molecule has 3 heterocycles. The van der Waals surface area contributed by atoms with Crippen molar-refractivity contribution >= 4 is 11.7 Å². The van der Waals surface area contributed by atoms with E-state index in [0.717, 1.165) is 75.6 Å². The number of likely N-dealkylation sites (tertiary alicyclic amines) is 1. The number of amides is 1. The third kappa shape index (κ3) is 3.68. The number of piperidine rings is 1. The molecule has 3 aliphatic rings. The molecule has 1 unspecified atom stereocenters. The van der Waals surface area contributed by atoms with Crippen molar-refractivity contribution in [2.75, 3.05) is 44.8 Å². The van der Waals surface area contributed by atoms with Gasteiger partial charge in [0, 0.05) is 45.3 Å². The average Bonchev–Trinajstić information content (AvgIpc) is 3.18. The zero-order valence-corrected chi connectivity index (χ0v) is 16.7. The summed E-state index contributed by atoms with van der Waals surface area (Å²) in [6.45, 7) is 6.36. The first kappa shape index (κ1) is 18.7. The second-order valence-electron chi connectivity index (χ2n) is 8.55. The second kappa shape index (κ2) is 7.74. The molecule has 27 heavy (non-hydrogen) atoms. The Morgan fingerprint density at radius 3 is 2.63 bits per heavy atom. The van der Waals surface area contributed by atoms with E-state index in [1.807, 2.05) is 6.92 Å². The molecule has 1 saturated carbocycles. The van der Waals surface area contributed by atoms with Gasteiger partial charge in [0.15, 0.2) is 0 Å². The van der Waals surface area contributed by atoms with Gasteiger partial charge in [-0.3, -0.25) is 4.79 Å². The highest BCUT2D eigenvalue weighted by atomic mass is 16.5. The van der Waals surface area contributed by atoms with Crippen LogP contribution in [-0.2, 0) is 9.53 Å². The van der Waals surface area contributed by atoms with Crippen molar-refractivity contribution in [2.45, 2.75) is 57.8 Å². The highest BCUT2D eigenvalue weighted by Crippen LogP contribution is 2.43. The number of aromatic nitrogens is 2. The molecule has 0 spiro atoms. The van der Waals surface area contributed by atoms with Crippen LogP contribution < -0.4 is 4.90 Å². The predicted molar refractivity (Wildman–Crippen MR) is 105 cm³/mol. The van der Waals surface area contributed by atoms with E-state index in [1.165, 1.54) is 12.8 Å². The molecule has 0 aromatic carbocycles. The van der Waals surface area contributed by atoms with Crippen molar-refractivity contribution in [1.82, 2.24) is 14.9 Å². The number of rotatable bonds is 5. The van der Waals surface area contributed by atoms with E-state index in [4.69, 9.17) is 9.72 Å². The Morgan fingerprint density at radius 1 is 1.19 bits per heavy atom. The molecule has 0 bridgehead atoms. The van der Waals surface area contributed by atoms with Gasteiger partial charge < -0.3 is 14.5 Å². The van der Waals surface area contributed by atoms with E-state index in [2.05, 4.69) is 20.9 Å². The number of aryl methyl sites for hydroxylation is 1. The third-order valence-electron chi connectivity index (χ3n) is 6.59. The van der Waals surface area contributed by atoms with Gasteiger partial charge in [0.05, 0.1) is 17.7 Å². The zero-order chi connectivity index (χ0) is 18.9. The molecule has 0 radical (unpaired) electrons. The van der Waals surface area contributed by atoms with Crippen molar-refractivity contribution in [3.8, 4) is 0 Å². The highest BCUT2D eigenvalue weighted by Gasteiger charge is 2.47. The number of ether oxygens (including phenoxy) is 1. The maximum atomic E-state index is 13.2. The Morgan fingerprint density at radius 2 is 1.96 bits per heavy atom. The summed E-state index contributed by atoms with van der Waals surface area (Å²) >= 11 is 0. The van der Waals surface area contributed by atoms with E-state index in [0.29, 0.717) is 18.4 Å². The largest absolute Gasteiger partial charge is 0.384 e. The quantitative estimate of drug-likeness (QED) is 0.795. The van der Waals surface area contributed by atoms with Crippen LogP contribution in [0, 0.1) is 12.3 Å². The van der Waals surface area contributed by atoms with Gasteiger partial charge in [0.25, 0.3) is 0 Å². The first-order valence-electron chi connectivity index (χ1n) is 10.5. The van der Waals surface area contributed by atoms with Crippen LogP contribution in [0.15, 0.2) is 6.07 Å². The molecule has 2 aliphatic heterocycles. The number of carbonyl (C=O) groups is 1. The van der Waals surface area contributed by atoms with Gasteiger partial charge in [-0.15, -0.1) is 0 Å². The number of carbonyl (C=O) groups excluding carboxylic acids is 1. The van der Waals surface area contributed by atoms with Gasteiger partial charge in [0.2, 0.25) is 5.91 Å². The molecule has 148 valence electrons. The fourth-order valence-corrected chi connectivity index (χ4v) is 4.93. The molecule has 1 aromatic rings. The molecular formula is C21H32N4O2. The number of methoxy groups -OCH3 is 1. The van der Waals surface area contributed by atoms with E-state index in [9.17, 15) is 4.79 Å². The fourth-order valence-electron chi connectivity index (χ4n) is 4.93. The first-order valence-corrected chi connectivity index (χ1v) is 10.5. The average molecular weight is 373 g/mol. The fraction of sp³-hybridized carbons (Fsp3) is 0.762. The molecule has 3 fully saturated rings. The summed E-state index contributed by atoms with van der Waals surface area (Å²) in [7, 11) is 1.70. The highest BCUT2D eigenvalue weighted by molar-refractivity contribution is 5.84. The minimum absolute atomic E-state index is 0.265. The minimum Gasteiger partial charge on any atom is -0.384 e.